The van der Waals surface area contributed by atoms with Crippen molar-refractivity contribution in [1.29, 1.82) is 0 Å². The molecule has 1 aromatic carbocycles. The summed E-state index contributed by atoms with van der Waals surface area (Å²) in [6.07, 6.45) is 1.69. The lowest BCUT2D eigenvalue weighted by molar-refractivity contribution is 0.431. The summed E-state index contributed by atoms with van der Waals surface area (Å²) in [4.78, 5) is 4.23. The highest BCUT2D eigenvalue weighted by atomic mass is 16.5. The standard InChI is InChI=1S/C12H12N6O2/c13-4-5-18-7-10(15-17-18)12-14-11(16-20-12)8-2-1-3-9(19)6-8/h1-3,6-7,19H,4-5,13H2. The minimum Gasteiger partial charge on any atom is -0.508 e. The number of hydrogen-bond donors (Lipinski definition) is 2. The molecule has 0 fully saturated rings. The van der Waals surface area contributed by atoms with Gasteiger partial charge in [-0.05, 0) is 12.1 Å². The largest absolute Gasteiger partial charge is 0.508 e. The van der Waals surface area contributed by atoms with Crippen LogP contribution in [0.15, 0.2) is 35.0 Å². The van der Waals surface area contributed by atoms with Gasteiger partial charge in [-0.3, -0.25) is 4.68 Å². The number of benzene rings is 1. The Morgan fingerprint density at radius 2 is 2.25 bits per heavy atom. The average molecular weight is 272 g/mol. The number of aromatic hydroxyl groups is 1. The predicted molar refractivity (Wildman–Crippen MR) is 69.5 cm³/mol. The summed E-state index contributed by atoms with van der Waals surface area (Å²) in [5, 5.41) is 21.1. The van der Waals surface area contributed by atoms with Gasteiger partial charge in [-0.2, -0.15) is 4.98 Å². The first-order chi connectivity index (χ1) is 9.76. The molecule has 0 radical (unpaired) electrons. The topological polar surface area (TPSA) is 116 Å². The Labute approximate surface area is 113 Å². The van der Waals surface area contributed by atoms with Crippen LogP contribution < -0.4 is 5.73 Å². The fourth-order valence-corrected chi connectivity index (χ4v) is 1.73. The number of hydrogen-bond acceptors (Lipinski definition) is 7. The van der Waals surface area contributed by atoms with E-state index in [1.165, 1.54) is 0 Å². The zero-order valence-corrected chi connectivity index (χ0v) is 10.5. The van der Waals surface area contributed by atoms with Crippen LogP contribution in [0.25, 0.3) is 23.0 Å². The normalized spacial score (nSPS) is 10.8. The molecule has 0 aliphatic carbocycles. The van der Waals surface area contributed by atoms with Crippen molar-refractivity contribution in [3.63, 3.8) is 0 Å². The van der Waals surface area contributed by atoms with E-state index in [-0.39, 0.29) is 11.6 Å². The summed E-state index contributed by atoms with van der Waals surface area (Å²) in [5.41, 5.74) is 6.58. The molecule has 2 heterocycles. The van der Waals surface area contributed by atoms with Crippen LogP contribution in [0.1, 0.15) is 0 Å². The molecular weight excluding hydrogens is 260 g/mol. The van der Waals surface area contributed by atoms with E-state index < -0.39 is 0 Å². The van der Waals surface area contributed by atoms with Crippen molar-refractivity contribution < 1.29 is 9.63 Å². The first kappa shape index (κ1) is 12.3. The van der Waals surface area contributed by atoms with E-state index in [0.717, 1.165) is 0 Å². The Morgan fingerprint density at radius 3 is 3.05 bits per heavy atom. The summed E-state index contributed by atoms with van der Waals surface area (Å²) in [7, 11) is 0. The first-order valence-corrected chi connectivity index (χ1v) is 6.00. The Kier molecular flexibility index (Phi) is 3.13. The zero-order valence-electron chi connectivity index (χ0n) is 10.5. The third-order valence-corrected chi connectivity index (χ3v) is 2.65. The van der Waals surface area contributed by atoms with E-state index in [2.05, 4.69) is 20.5 Å². The summed E-state index contributed by atoms with van der Waals surface area (Å²) in [6.45, 7) is 1.04. The Morgan fingerprint density at radius 1 is 1.35 bits per heavy atom. The van der Waals surface area contributed by atoms with Gasteiger partial charge in [-0.25, -0.2) is 0 Å². The molecule has 0 saturated carbocycles. The second-order valence-corrected chi connectivity index (χ2v) is 4.13. The number of phenolic OH excluding ortho intramolecular Hbond substituents is 1. The van der Waals surface area contributed by atoms with Crippen LogP contribution in [0.5, 0.6) is 5.75 Å². The molecule has 0 aliphatic heterocycles. The Balaban J connectivity index is 1.89. The third kappa shape index (κ3) is 2.36. The predicted octanol–water partition coefficient (Wildman–Crippen LogP) is 0.659. The number of nitrogens with zero attached hydrogens (tertiary/aromatic N) is 5. The third-order valence-electron chi connectivity index (χ3n) is 2.65. The van der Waals surface area contributed by atoms with Crippen molar-refractivity contribution in [3.05, 3.63) is 30.5 Å². The maximum absolute atomic E-state index is 9.44. The second kappa shape index (κ2) is 5.10. The molecule has 8 nitrogen and oxygen atoms in total. The van der Waals surface area contributed by atoms with Crippen LogP contribution in [-0.2, 0) is 6.54 Å². The molecule has 3 N–H and O–H groups in total. The van der Waals surface area contributed by atoms with Gasteiger partial charge in [0.15, 0.2) is 5.69 Å². The van der Waals surface area contributed by atoms with Crippen molar-refractivity contribution in [2.45, 2.75) is 6.54 Å². The maximum Gasteiger partial charge on any atom is 0.280 e. The van der Waals surface area contributed by atoms with Crippen LogP contribution in [-0.4, -0.2) is 36.8 Å². The maximum atomic E-state index is 9.44. The van der Waals surface area contributed by atoms with Gasteiger partial charge in [-0.15, -0.1) is 5.10 Å². The van der Waals surface area contributed by atoms with Crippen LogP contribution in [0.2, 0.25) is 0 Å². The lowest BCUT2D eigenvalue weighted by Crippen LogP contribution is -2.10. The number of rotatable bonds is 4. The summed E-state index contributed by atoms with van der Waals surface area (Å²) in [6, 6.07) is 6.61. The monoisotopic (exact) mass is 272 g/mol. The molecule has 0 bridgehead atoms. The molecule has 3 rings (SSSR count). The fraction of sp³-hybridized carbons (Fsp3) is 0.167. The van der Waals surface area contributed by atoms with Crippen molar-refractivity contribution in [2.24, 2.45) is 5.73 Å². The second-order valence-electron chi connectivity index (χ2n) is 4.13. The van der Waals surface area contributed by atoms with Crippen LogP contribution in [0, 0.1) is 0 Å². The lowest BCUT2D eigenvalue weighted by atomic mass is 10.2. The van der Waals surface area contributed by atoms with Gasteiger partial charge in [-0.1, -0.05) is 22.5 Å². The van der Waals surface area contributed by atoms with E-state index in [9.17, 15) is 5.11 Å². The number of aromatic nitrogens is 5. The average Bonchev–Trinajstić information content (AvgIpc) is 3.07. The zero-order chi connectivity index (χ0) is 13.9. The van der Waals surface area contributed by atoms with Gasteiger partial charge in [0.25, 0.3) is 5.89 Å². The van der Waals surface area contributed by atoms with Crippen molar-refractivity contribution in [3.8, 4) is 28.7 Å². The van der Waals surface area contributed by atoms with Crippen LogP contribution in [0.4, 0.5) is 0 Å². The SMILES string of the molecule is NCCn1cc(-c2nc(-c3cccc(O)c3)no2)nn1. The van der Waals surface area contributed by atoms with Crippen molar-refractivity contribution in [1.82, 2.24) is 25.1 Å². The van der Waals surface area contributed by atoms with Gasteiger partial charge < -0.3 is 15.4 Å². The molecule has 2 aromatic heterocycles. The molecule has 0 atom stereocenters. The molecule has 0 amide bonds. The Hall–Kier alpha value is -2.74. The molecule has 8 heteroatoms. The highest BCUT2D eigenvalue weighted by molar-refractivity contribution is 5.59. The Bertz CT molecular complexity index is 720. The van der Waals surface area contributed by atoms with Gasteiger partial charge >= 0.3 is 0 Å². The van der Waals surface area contributed by atoms with E-state index in [1.54, 1.807) is 35.1 Å². The molecule has 0 spiro atoms. The van der Waals surface area contributed by atoms with Crippen LogP contribution >= 0.6 is 0 Å². The minimum atomic E-state index is 0.141. The van der Waals surface area contributed by atoms with E-state index in [4.69, 9.17) is 10.3 Å². The molecule has 0 aliphatic rings. The van der Waals surface area contributed by atoms with Crippen molar-refractivity contribution >= 4 is 0 Å². The molecule has 0 saturated heterocycles. The lowest BCUT2D eigenvalue weighted by Gasteiger charge is -1.94. The first-order valence-electron chi connectivity index (χ1n) is 6.00. The summed E-state index contributed by atoms with van der Waals surface area (Å²) < 4.78 is 6.75. The van der Waals surface area contributed by atoms with E-state index >= 15 is 0 Å². The molecule has 0 unspecified atom stereocenters. The molecular formula is C12H12N6O2. The van der Waals surface area contributed by atoms with Crippen molar-refractivity contribution in [2.75, 3.05) is 6.54 Å². The number of nitrogens with two attached hydrogens (primary N) is 1. The van der Waals surface area contributed by atoms with Gasteiger partial charge in [0.05, 0.1) is 12.7 Å². The molecule has 20 heavy (non-hydrogen) atoms. The van der Waals surface area contributed by atoms with E-state index in [0.29, 0.717) is 30.2 Å². The molecule has 102 valence electrons. The summed E-state index contributed by atoms with van der Waals surface area (Å²) >= 11 is 0. The highest BCUT2D eigenvalue weighted by Crippen LogP contribution is 2.23. The smallest absolute Gasteiger partial charge is 0.280 e. The quantitative estimate of drug-likeness (QED) is 0.716. The fourth-order valence-electron chi connectivity index (χ4n) is 1.73. The highest BCUT2D eigenvalue weighted by Gasteiger charge is 2.14. The van der Waals surface area contributed by atoms with E-state index in [1.807, 2.05) is 0 Å². The van der Waals surface area contributed by atoms with Gasteiger partial charge in [0.2, 0.25) is 5.82 Å². The summed E-state index contributed by atoms with van der Waals surface area (Å²) in [5.74, 6) is 0.790. The number of phenols is 1. The minimum absolute atomic E-state index is 0.141. The molecule has 3 aromatic rings. The van der Waals surface area contributed by atoms with Crippen LogP contribution in [0.3, 0.4) is 0 Å². The van der Waals surface area contributed by atoms with Gasteiger partial charge in [0.1, 0.15) is 5.75 Å². The van der Waals surface area contributed by atoms with Gasteiger partial charge in [0, 0.05) is 12.1 Å².